The molecule has 0 fully saturated rings. The molecule has 0 aliphatic rings. The first-order valence-electron chi connectivity index (χ1n) is 4.16. The van der Waals surface area contributed by atoms with Crippen LogP contribution in [0.4, 0.5) is 0 Å². The fourth-order valence-corrected chi connectivity index (χ4v) is 0.884. The van der Waals surface area contributed by atoms with Crippen LogP contribution in [0.1, 0.15) is 27.7 Å². The van der Waals surface area contributed by atoms with Gasteiger partial charge in [0.2, 0.25) is 0 Å². The summed E-state index contributed by atoms with van der Waals surface area (Å²) >= 11 is 0. The van der Waals surface area contributed by atoms with Crippen LogP contribution in [0.25, 0.3) is 0 Å². The zero-order valence-corrected chi connectivity index (χ0v) is 8.68. The molecule has 0 rings (SSSR count). The number of rotatable bonds is 4. The van der Waals surface area contributed by atoms with E-state index in [-0.39, 0.29) is 0 Å². The Morgan fingerprint density at radius 2 is 1.36 bits per heavy atom. The minimum absolute atomic E-state index is 0.522. The maximum Gasteiger partial charge on any atom is 0.304 e. The van der Waals surface area contributed by atoms with Crippen molar-refractivity contribution in [1.82, 2.24) is 5.06 Å². The van der Waals surface area contributed by atoms with Crippen molar-refractivity contribution in [2.24, 2.45) is 0 Å². The molecule has 0 bridgehead atoms. The van der Waals surface area contributed by atoms with E-state index in [0.29, 0.717) is 5.06 Å². The van der Waals surface area contributed by atoms with Gasteiger partial charge in [0.15, 0.2) is 12.5 Å². The van der Waals surface area contributed by atoms with Gasteiger partial charge >= 0.3 is 11.9 Å². The second-order valence-corrected chi connectivity index (χ2v) is 2.80. The summed E-state index contributed by atoms with van der Waals surface area (Å²) in [5.74, 6) is -1.04. The molecule has 2 atom stereocenters. The van der Waals surface area contributed by atoms with Crippen molar-refractivity contribution >= 4 is 11.9 Å². The van der Waals surface area contributed by atoms with Crippen molar-refractivity contribution in [2.75, 3.05) is 0 Å². The van der Waals surface area contributed by atoms with Gasteiger partial charge in [-0.05, 0) is 13.8 Å². The van der Waals surface area contributed by atoms with Crippen LogP contribution in [0.5, 0.6) is 0 Å². The van der Waals surface area contributed by atoms with Crippen LogP contribution in [-0.2, 0) is 19.1 Å². The van der Waals surface area contributed by atoms with E-state index in [1.165, 1.54) is 27.7 Å². The van der Waals surface area contributed by atoms with Crippen LogP contribution in [0.15, 0.2) is 0 Å². The van der Waals surface area contributed by atoms with Crippen molar-refractivity contribution in [3.05, 3.63) is 0 Å². The number of carbonyl (C=O) groups is 2. The number of carbonyl (C=O) groups excluding carboxylic acids is 2. The van der Waals surface area contributed by atoms with Crippen LogP contribution in [-0.4, -0.2) is 34.7 Å². The summed E-state index contributed by atoms with van der Waals surface area (Å²) in [4.78, 5) is 21.1. The van der Waals surface area contributed by atoms with E-state index in [4.69, 9.17) is 0 Å². The van der Waals surface area contributed by atoms with E-state index in [1.54, 1.807) is 0 Å². The molecule has 0 saturated heterocycles. The molecule has 0 aromatic rings. The molecule has 0 aromatic heterocycles. The Morgan fingerprint density at radius 1 is 1.07 bits per heavy atom. The van der Waals surface area contributed by atoms with Crippen LogP contribution in [0.3, 0.4) is 0 Å². The van der Waals surface area contributed by atoms with E-state index in [1.807, 2.05) is 0 Å². The molecule has 0 spiro atoms. The molecule has 0 amide bonds. The van der Waals surface area contributed by atoms with Gasteiger partial charge in [-0.3, -0.25) is 9.59 Å². The summed E-state index contributed by atoms with van der Waals surface area (Å²) in [6.45, 7) is 5.37. The fourth-order valence-electron chi connectivity index (χ4n) is 0.884. The Labute approximate surface area is 82.4 Å². The van der Waals surface area contributed by atoms with E-state index in [0.717, 1.165) is 0 Å². The predicted octanol–water partition coefficient (Wildman–Crippen LogP) is 0.496. The number of hydroxylamine groups is 2. The average molecular weight is 205 g/mol. The van der Waals surface area contributed by atoms with Crippen LogP contribution in [0, 0.1) is 0 Å². The lowest BCUT2D eigenvalue weighted by Gasteiger charge is -2.26. The maximum atomic E-state index is 10.5. The first kappa shape index (κ1) is 12.9. The summed E-state index contributed by atoms with van der Waals surface area (Å²) in [7, 11) is 0. The summed E-state index contributed by atoms with van der Waals surface area (Å²) in [5.41, 5.74) is 0. The van der Waals surface area contributed by atoms with Gasteiger partial charge in [0.1, 0.15) is 0 Å². The Kier molecular flexibility index (Phi) is 5.11. The molecule has 14 heavy (non-hydrogen) atoms. The van der Waals surface area contributed by atoms with Crippen molar-refractivity contribution in [3.8, 4) is 0 Å². The number of hydrogen-bond donors (Lipinski definition) is 1. The van der Waals surface area contributed by atoms with E-state index >= 15 is 0 Å². The van der Waals surface area contributed by atoms with Gasteiger partial charge in [-0.2, -0.15) is 0 Å². The molecule has 0 heterocycles. The second-order valence-electron chi connectivity index (χ2n) is 2.80. The van der Waals surface area contributed by atoms with Gasteiger partial charge in [0.25, 0.3) is 0 Å². The lowest BCUT2D eigenvalue weighted by Crippen LogP contribution is -2.41. The molecule has 2 unspecified atom stereocenters. The Bertz CT molecular complexity index is 196. The molecule has 0 aliphatic heterocycles. The smallest absolute Gasteiger partial charge is 0.304 e. The lowest BCUT2D eigenvalue weighted by atomic mass is 10.5. The van der Waals surface area contributed by atoms with Gasteiger partial charge in [-0.25, -0.2) is 0 Å². The van der Waals surface area contributed by atoms with Crippen LogP contribution in [0.2, 0.25) is 0 Å². The van der Waals surface area contributed by atoms with Gasteiger partial charge < -0.3 is 14.7 Å². The first-order chi connectivity index (χ1) is 6.34. The van der Waals surface area contributed by atoms with Crippen LogP contribution < -0.4 is 0 Å². The number of ether oxygens (including phenoxy) is 2. The third-order valence-corrected chi connectivity index (χ3v) is 1.42. The van der Waals surface area contributed by atoms with Gasteiger partial charge in [-0.15, -0.1) is 5.06 Å². The summed E-state index contributed by atoms with van der Waals surface area (Å²) < 4.78 is 9.32. The van der Waals surface area contributed by atoms with Gasteiger partial charge in [0, 0.05) is 13.8 Å². The fraction of sp³-hybridized carbons (Fsp3) is 0.750. The molecule has 0 radical (unpaired) electrons. The first-order valence-corrected chi connectivity index (χ1v) is 4.16. The third-order valence-electron chi connectivity index (χ3n) is 1.42. The Morgan fingerprint density at radius 3 is 1.57 bits per heavy atom. The van der Waals surface area contributed by atoms with E-state index < -0.39 is 24.4 Å². The summed E-state index contributed by atoms with van der Waals surface area (Å²) in [5, 5.41) is 10.0. The number of hydrogen-bond acceptors (Lipinski definition) is 6. The Balaban J connectivity index is 4.09. The standard InChI is InChI=1S/C8H15NO5/c1-5(13-7(3)10)9(12)6(2)14-8(4)11/h5-6,12H,1-4H3. The zero-order valence-electron chi connectivity index (χ0n) is 8.68. The van der Waals surface area contributed by atoms with Gasteiger partial charge in [0.05, 0.1) is 0 Å². The summed E-state index contributed by atoms with van der Waals surface area (Å²) in [6.07, 6.45) is -1.72. The van der Waals surface area contributed by atoms with Crippen LogP contribution >= 0.6 is 0 Å². The minimum Gasteiger partial charge on any atom is -0.445 e. The minimum atomic E-state index is -0.859. The number of nitrogens with zero attached hydrogens (tertiary/aromatic N) is 1. The molecule has 6 heteroatoms. The SMILES string of the molecule is CC(=O)OC(C)N(O)C(C)OC(C)=O. The normalized spacial score (nSPS) is 14.7. The molecule has 1 N–H and O–H groups in total. The molecule has 0 aliphatic carbocycles. The van der Waals surface area contributed by atoms with E-state index in [2.05, 4.69) is 9.47 Å². The highest BCUT2D eigenvalue weighted by molar-refractivity contribution is 5.66. The quantitative estimate of drug-likeness (QED) is 0.409. The summed E-state index contributed by atoms with van der Waals surface area (Å²) in [6, 6.07) is 0. The van der Waals surface area contributed by atoms with Crippen molar-refractivity contribution in [1.29, 1.82) is 0 Å². The van der Waals surface area contributed by atoms with Crippen molar-refractivity contribution in [2.45, 2.75) is 40.2 Å². The molecule has 82 valence electrons. The van der Waals surface area contributed by atoms with Gasteiger partial charge in [-0.1, -0.05) is 0 Å². The molecular formula is C8H15NO5. The highest BCUT2D eigenvalue weighted by Gasteiger charge is 2.22. The highest BCUT2D eigenvalue weighted by Crippen LogP contribution is 2.05. The zero-order chi connectivity index (χ0) is 11.3. The molecule has 0 saturated carbocycles. The predicted molar refractivity (Wildman–Crippen MR) is 46.1 cm³/mol. The third kappa shape index (κ3) is 4.78. The Hall–Kier alpha value is -1.14. The average Bonchev–Trinajstić information content (AvgIpc) is 2.00. The maximum absolute atomic E-state index is 10.5. The van der Waals surface area contributed by atoms with Crippen molar-refractivity contribution < 1.29 is 24.3 Å². The van der Waals surface area contributed by atoms with E-state index in [9.17, 15) is 14.8 Å². The lowest BCUT2D eigenvalue weighted by molar-refractivity contribution is -0.270. The topological polar surface area (TPSA) is 76.1 Å². The largest absolute Gasteiger partial charge is 0.445 e. The molecule has 6 nitrogen and oxygen atoms in total. The number of esters is 2. The monoisotopic (exact) mass is 205 g/mol. The molecule has 0 aromatic carbocycles. The second kappa shape index (κ2) is 5.56. The highest BCUT2D eigenvalue weighted by atomic mass is 16.7. The molecular weight excluding hydrogens is 190 g/mol. The van der Waals surface area contributed by atoms with Crippen molar-refractivity contribution in [3.63, 3.8) is 0 Å².